The molecule has 0 radical (unpaired) electrons. The molecule has 0 saturated heterocycles. The van der Waals surface area contributed by atoms with E-state index in [0.717, 1.165) is 13.0 Å². The van der Waals surface area contributed by atoms with Crippen LogP contribution >= 0.6 is 0 Å². The maximum atomic E-state index is 11.2. The van der Waals surface area contributed by atoms with Gasteiger partial charge in [-0.1, -0.05) is 76.9 Å². The van der Waals surface area contributed by atoms with Gasteiger partial charge in [0.2, 0.25) is 5.91 Å². The molecule has 0 heterocycles. The van der Waals surface area contributed by atoms with E-state index >= 15 is 0 Å². The smallest absolute Gasteiger partial charge is 0.248 e. The van der Waals surface area contributed by atoms with Gasteiger partial charge in [0.15, 0.2) is 0 Å². The highest BCUT2D eigenvalue weighted by Crippen LogP contribution is 2.10. The van der Waals surface area contributed by atoms with E-state index in [2.05, 4.69) is 19.1 Å². The van der Waals surface area contributed by atoms with Crippen molar-refractivity contribution in [1.29, 1.82) is 0 Å². The fraction of sp³-hybridized carbons (Fsp3) is 0.857. The van der Waals surface area contributed by atoms with E-state index in [4.69, 9.17) is 5.11 Å². The number of aliphatic hydroxyl groups is 1. The summed E-state index contributed by atoms with van der Waals surface area (Å²) in [7, 11) is 1.76. The molecule has 0 saturated carbocycles. The van der Waals surface area contributed by atoms with Crippen molar-refractivity contribution in [3.05, 3.63) is 12.2 Å². The van der Waals surface area contributed by atoms with E-state index in [1.165, 1.54) is 83.5 Å². The van der Waals surface area contributed by atoms with Crippen LogP contribution in [0.3, 0.4) is 0 Å². The lowest BCUT2D eigenvalue weighted by molar-refractivity contribution is -0.132. The Kier molecular flexibility index (Phi) is 17.9. The second-order valence-corrected chi connectivity index (χ2v) is 6.91. The van der Waals surface area contributed by atoms with Crippen LogP contribution in [0.5, 0.6) is 0 Å². The van der Waals surface area contributed by atoms with Gasteiger partial charge in [-0.15, -0.1) is 0 Å². The van der Waals surface area contributed by atoms with Crippen molar-refractivity contribution in [2.75, 3.05) is 20.2 Å². The first kappa shape index (κ1) is 23.2. The Morgan fingerprint density at radius 2 is 1.25 bits per heavy atom. The fourth-order valence-electron chi connectivity index (χ4n) is 2.84. The number of carbonyl (C=O) groups is 1. The van der Waals surface area contributed by atoms with Crippen molar-refractivity contribution in [1.82, 2.24) is 4.90 Å². The minimum atomic E-state index is -0.372. The minimum Gasteiger partial charge on any atom is -0.387 e. The first-order chi connectivity index (χ1) is 11.7. The van der Waals surface area contributed by atoms with Gasteiger partial charge in [-0.25, -0.2) is 0 Å². The topological polar surface area (TPSA) is 40.5 Å². The molecule has 3 nitrogen and oxygen atoms in total. The van der Waals surface area contributed by atoms with Crippen LogP contribution < -0.4 is 0 Å². The molecule has 0 aliphatic carbocycles. The van der Waals surface area contributed by atoms with Crippen LogP contribution in [0.25, 0.3) is 0 Å². The van der Waals surface area contributed by atoms with Crippen LogP contribution in [0.4, 0.5) is 0 Å². The number of aliphatic hydroxyl groups excluding tert-OH is 1. The third kappa shape index (κ3) is 16.0. The third-order valence-corrected chi connectivity index (χ3v) is 4.57. The maximum absolute atomic E-state index is 11.2. The number of hydrogen-bond acceptors (Lipinski definition) is 2. The molecule has 24 heavy (non-hydrogen) atoms. The van der Waals surface area contributed by atoms with E-state index in [-0.39, 0.29) is 12.5 Å². The summed E-state index contributed by atoms with van der Waals surface area (Å²) in [6.07, 6.45) is 22.9. The Morgan fingerprint density at radius 1 is 0.792 bits per heavy atom. The molecule has 1 amide bonds. The molecule has 0 fully saturated rings. The number of amides is 1. The first-order valence-electron chi connectivity index (χ1n) is 10.2. The lowest BCUT2D eigenvalue weighted by Crippen LogP contribution is -2.30. The highest BCUT2D eigenvalue weighted by atomic mass is 16.3. The Bertz CT molecular complexity index is 302. The van der Waals surface area contributed by atoms with Gasteiger partial charge < -0.3 is 10.0 Å². The van der Waals surface area contributed by atoms with Gasteiger partial charge in [-0.3, -0.25) is 4.79 Å². The highest BCUT2D eigenvalue weighted by molar-refractivity contribution is 5.76. The van der Waals surface area contributed by atoms with Crippen LogP contribution in [0.2, 0.25) is 0 Å². The Labute approximate surface area is 150 Å². The Morgan fingerprint density at radius 3 is 1.75 bits per heavy atom. The largest absolute Gasteiger partial charge is 0.387 e. The lowest BCUT2D eigenvalue weighted by atomic mass is 10.1. The molecule has 1 N–H and O–H groups in total. The molecule has 0 atom stereocenters. The predicted molar refractivity (Wildman–Crippen MR) is 104 cm³/mol. The first-order valence-corrected chi connectivity index (χ1v) is 10.2. The molecule has 0 rings (SSSR count). The van der Waals surface area contributed by atoms with Crippen LogP contribution in [-0.2, 0) is 4.79 Å². The van der Waals surface area contributed by atoms with Gasteiger partial charge in [-0.05, 0) is 32.1 Å². The predicted octanol–water partition coefficient (Wildman–Crippen LogP) is 5.47. The van der Waals surface area contributed by atoms with Crippen molar-refractivity contribution in [2.24, 2.45) is 0 Å². The summed E-state index contributed by atoms with van der Waals surface area (Å²) >= 11 is 0. The number of hydrogen-bond donors (Lipinski definition) is 1. The van der Waals surface area contributed by atoms with E-state index in [9.17, 15) is 4.79 Å². The molecule has 0 spiro atoms. The molecule has 0 aromatic heterocycles. The number of allylic oxidation sites excluding steroid dienone is 2. The Balaban J connectivity index is 3.19. The standard InChI is InChI=1S/C21H41NO2/c1-3-4-5-6-7-8-9-10-11-12-13-14-15-16-17-18-19-22(2)21(24)20-23/h10-11,23H,3-9,12-20H2,1-2H3/b11-10-. The van der Waals surface area contributed by atoms with Crippen LogP contribution in [0, 0.1) is 0 Å². The zero-order valence-corrected chi connectivity index (χ0v) is 16.3. The molecule has 0 bridgehead atoms. The van der Waals surface area contributed by atoms with Gasteiger partial charge in [-0.2, -0.15) is 0 Å². The summed E-state index contributed by atoms with van der Waals surface area (Å²) in [5, 5.41) is 8.74. The summed E-state index contributed by atoms with van der Waals surface area (Å²) < 4.78 is 0. The normalized spacial score (nSPS) is 11.3. The highest BCUT2D eigenvalue weighted by Gasteiger charge is 2.05. The van der Waals surface area contributed by atoms with Crippen molar-refractivity contribution < 1.29 is 9.90 Å². The van der Waals surface area contributed by atoms with Crippen molar-refractivity contribution >= 4 is 5.91 Å². The third-order valence-electron chi connectivity index (χ3n) is 4.57. The summed E-state index contributed by atoms with van der Waals surface area (Å²) in [4.78, 5) is 12.8. The van der Waals surface area contributed by atoms with Crippen molar-refractivity contribution in [3.8, 4) is 0 Å². The zero-order valence-electron chi connectivity index (χ0n) is 16.3. The monoisotopic (exact) mass is 339 g/mol. The van der Waals surface area contributed by atoms with Gasteiger partial charge in [0, 0.05) is 13.6 Å². The average molecular weight is 340 g/mol. The molecule has 3 heteroatoms. The molecule has 0 aromatic carbocycles. The van der Waals surface area contributed by atoms with Gasteiger partial charge in [0.1, 0.15) is 6.61 Å². The van der Waals surface area contributed by atoms with E-state index < -0.39 is 0 Å². The molecule has 142 valence electrons. The number of unbranched alkanes of at least 4 members (excludes halogenated alkanes) is 12. The molecule has 0 unspecified atom stereocenters. The van der Waals surface area contributed by atoms with Gasteiger partial charge in [0.25, 0.3) is 0 Å². The number of carbonyl (C=O) groups excluding carboxylic acids is 1. The number of likely N-dealkylation sites (N-methyl/N-ethyl adjacent to an activating group) is 1. The zero-order chi connectivity index (χ0) is 17.9. The van der Waals surface area contributed by atoms with Crippen LogP contribution in [-0.4, -0.2) is 36.1 Å². The second kappa shape index (κ2) is 18.5. The SMILES string of the molecule is CCCCCCCC/C=C\CCCCCCCCN(C)C(=O)CO. The molecule has 0 aromatic rings. The maximum Gasteiger partial charge on any atom is 0.248 e. The quantitative estimate of drug-likeness (QED) is 0.282. The van der Waals surface area contributed by atoms with Crippen LogP contribution in [0.15, 0.2) is 12.2 Å². The molecular weight excluding hydrogens is 298 g/mol. The summed E-state index contributed by atoms with van der Waals surface area (Å²) in [5.74, 6) is -0.178. The fourth-order valence-corrected chi connectivity index (χ4v) is 2.84. The van der Waals surface area contributed by atoms with Gasteiger partial charge in [0.05, 0.1) is 0 Å². The summed E-state index contributed by atoms with van der Waals surface area (Å²) in [6.45, 7) is 2.66. The molecule has 0 aliphatic rings. The van der Waals surface area contributed by atoms with Crippen molar-refractivity contribution in [3.63, 3.8) is 0 Å². The lowest BCUT2D eigenvalue weighted by Gasteiger charge is -2.15. The van der Waals surface area contributed by atoms with Gasteiger partial charge >= 0.3 is 0 Å². The molecule has 0 aliphatic heterocycles. The van der Waals surface area contributed by atoms with E-state index in [1.807, 2.05) is 0 Å². The number of rotatable bonds is 17. The average Bonchev–Trinajstić information content (AvgIpc) is 2.60. The van der Waals surface area contributed by atoms with E-state index in [0.29, 0.717) is 0 Å². The summed E-state index contributed by atoms with van der Waals surface area (Å²) in [6, 6.07) is 0. The minimum absolute atomic E-state index is 0.178. The number of nitrogens with zero attached hydrogens (tertiary/aromatic N) is 1. The van der Waals surface area contributed by atoms with E-state index in [1.54, 1.807) is 11.9 Å². The second-order valence-electron chi connectivity index (χ2n) is 6.91. The van der Waals surface area contributed by atoms with Crippen LogP contribution in [0.1, 0.15) is 96.8 Å². The summed E-state index contributed by atoms with van der Waals surface area (Å²) in [5.41, 5.74) is 0. The van der Waals surface area contributed by atoms with Crippen molar-refractivity contribution in [2.45, 2.75) is 96.8 Å². The Hall–Kier alpha value is -0.830. The molecular formula is C21H41NO2.